The fraction of sp³-hybridized carbons (Fsp3) is 0.188. The van der Waals surface area contributed by atoms with Crippen molar-refractivity contribution in [2.24, 2.45) is 0 Å². The number of nitrogens with zero attached hydrogens (tertiary/aromatic N) is 1. The number of carbonyl (C=O) groups is 1. The van der Waals surface area contributed by atoms with Crippen LogP contribution in [0.3, 0.4) is 0 Å². The largest absolute Gasteiger partial charge is 0.478 e. The van der Waals surface area contributed by atoms with E-state index in [9.17, 15) is 9.90 Å². The summed E-state index contributed by atoms with van der Waals surface area (Å²) in [6, 6.07) is 10.7. The van der Waals surface area contributed by atoms with Crippen molar-refractivity contribution in [2.75, 3.05) is 24.3 Å². The Kier molecular flexibility index (Phi) is 4.38. The van der Waals surface area contributed by atoms with Gasteiger partial charge in [0.15, 0.2) is 0 Å². The zero-order valence-corrected chi connectivity index (χ0v) is 12.9. The van der Waals surface area contributed by atoms with Gasteiger partial charge in [0.2, 0.25) is 0 Å². The Balaban J connectivity index is 2.50. The van der Waals surface area contributed by atoms with E-state index in [0.717, 1.165) is 16.9 Å². The van der Waals surface area contributed by atoms with Crippen LogP contribution >= 0.6 is 11.6 Å². The number of anilines is 3. The van der Waals surface area contributed by atoms with Crippen LogP contribution in [0.5, 0.6) is 0 Å². The van der Waals surface area contributed by atoms with Gasteiger partial charge in [-0.1, -0.05) is 23.7 Å². The number of hydrogen-bond donors (Lipinski definition) is 2. The first-order chi connectivity index (χ1) is 9.90. The third-order valence-electron chi connectivity index (χ3n) is 3.11. The van der Waals surface area contributed by atoms with Gasteiger partial charge in [0.25, 0.3) is 0 Å². The van der Waals surface area contributed by atoms with E-state index >= 15 is 0 Å². The van der Waals surface area contributed by atoms with E-state index in [1.54, 1.807) is 18.2 Å². The molecule has 0 aliphatic heterocycles. The maximum atomic E-state index is 11.3. The summed E-state index contributed by atoms with van der Waals surface area (Å²) < 4.78 is 0. The highest BCUT2D eigenvalue weighted by Crippen LogP contribution is 2.35. The standard InChI is InChI=1S/C16H17ClN2O2/c1-10-7-8-11(16(20)21)14(9-10)18-13-6-4-5-12(17)15(13)19(2)3/h4-9,18H,1-3H3,(H,20,21). The number of benzene rings is 2. The molecule has 0 unspecified atom stereocenters. The number of aromatic carboxylic acids is 1. The van der Waals surface area contributed by atoms with Gasteiger partial charge >= 0.3 is 5.97 Å². The van der Waals surface area contributed by atoms with Gasteiger partial charge in [-0.3, -0.25) is 0 Å². The SMILES string of the molecule is Cc1ccc(C(=O)O)c(Nc2cccc(Cl)c2N(C)C)c1. The van der Waals surface area contributed by atoms with Crippen molar-refractivity contribution in [3.05, 3.63) is 52.5 Å². The summed E-state index contributed by atoms with van der Waals surface area (Å²) in [5.41, 5.74) is 3.34. The molecule has 0 amide bonds. The summed E-state index contributed by atoms with van der Waals surface area (Å²) in [4.78, 5) is 13.2. The normalized spacial score (nSPS) is 10.3. The second-order valence-electron chi connectivity index (χ2n) is 5.01. The van der Waals surface area contributed by atoms with Crippen molar-refractivity contribution in [1.29, 1.82) is 0 Å². The van der Waals surface area contributed by atoms with Crippen LogP contribution in [0, 0.1) is 6.92 Å². The molecule has 110 valence electrons. The maximum absolute atomic E-state index is 11.3. The van der Waals surface area contributed by atoms with E-state index in [-0.39, 0.29) is 5.56 Å². The second-order valence-corrected chi connectivity index (χ2v) is 5.42. The highest BCUT2D eigenvalue weighted by molar-refractivity contribution is 6.34. The molecule has 2 N–H and O–H groups in total. The maximum Gasteiger partial charge on any atom is 0.337 e. The van der Waals surface area contributed by atoms with Gasteiger partial charge in [0.1, 0.15) is 0 Å². The van der Waals surface area contributed by atoms with Crippen LogP contribution in [-0.4, -0.2) is 25.2 Å². The Morgan fingerprint density at radius 2 is 1.90 bits per heavy atom. The molecule has 0 spiro atoms. The minimum absolute atomic E-state index is 0.227. The van der Waals surface area contributed by atoms with E-state index in [1.165, 1.54) is 0 Å². The molecule has 0 saturated carbocycles. The molecular formula is C16H17ClN2O2. The van der Waals surface area contributed by atoms with Crippen molar-refractivity contribution in [2.45, 2.75) is 6.92 Å². The lowest BCUT2D eigenvalue weighted by molar-refractivity contribution is 0.0698. The van der Waals surface area contributed by atoms with E-state index in [4.69, 9.17) is 11.6 Å². The fourth-order valence-corrected chi connectivity index (χ4v) is 2.51. The Hall–Kier alpha value is -2.20. The van der Waals surface area contributed by atoms with Crippen LogP contribution in [0.25, 0.3) is 0 Å². The monoisotopic (exact) mass is 304 g/mol. The second kappa shape index (κ2) is 6.06. The zero-order chi connectivity index (χ0) is 15.6. The van der Waals surface area contributed by atoms with E-state index in [0.29, 0.717) is 10.7 Å². The average Bonchev–Trinajstić information content (AvgIpc) is 2.37. The zero-order valence-electron chi connectivity index (χ0n) is 12.1. The minimum Gasteiger partial charge on any atom is -0.478 e. The van der Waals surface area contributed by atoms with Gasteiger partial charge in [-0.2, -0.15) is 0 Å². The Morgan fingerprint density at radius 1 is 1.19 bits per heavy atom. The molecule has 21 heavy (non-hydrogen) atoms. The van der Waals surface area contributed by atoms with Crippen molar-refractivity contribution in [3.63, 3.8) is 0 Å². The van der Waals surface area contributed by atoms with Crippen LogP contribution in [0.4, 0.5) is 17.1 Å². The average molecular weight is 305 g/mol. The van der Waals surface area contributed by atoms with Crippen molar-refractivity contribution >= 4 is 34.6 Å². The smallest absolute Gasteiger partial charge is 0.337 e. The molecule has 4 nitrogen and oxygen atoms in total. The summed E-state index contributed by atoms with van der Waals surface area (Å²) in [5.74, 6) is -0.967. The van der Waals surface area contributed by atoms with Crippen LogP contribution in [0.1, 0.15) is 15.9 Å². The number of halogens is 1. The summed E-state index contributed by atoms with van der Waals surface area (Å²) in [5, 5.41) is 13.1. The molecule has 0 aliphatic rings. The summed E-state index contributed by atoms with van der Waals surface area (Å²) in [7, 11) is 3.78. The lowest BCUT2D eigenvalue weighted by atomic mass is 10.1. The summed E-state index contributed by atoms with van der Waals surface area (Å²) in [6.45, 7) is 1.92. The van der Waals surface area contributed by atoms with Gasteiger partial charge in [-0.25, -0.2) is 4.79 Å². The molecule has 0 bridgehead atoms. The summed E-state index contributed by atoms with van der Waals surface area (Å²) in [6.07, 6.45) is 0. The van der Waals surface area contributed by atoms with Gasteiger partial charge in [0.05, 0.1) is 27.6 Å². The van der Waals surface area contributed by atoms with Crippen LogP contribution in [0.15, 0.2) is 36.4 Å². The number of rotatable bonds is 4. The molecule has 2 rings (SSSR count). The molecule has 0 fully saturated rings. The third-order valence-corrected chi connectivity index (χ3v) is 3.41. The highest BCUT2D eigenvalue weighted by atomic mass is 35.5. The molecule has 5 heteroatoms. The Labute approximate surface area is 129 Å². The van der Waals surface area contributed by atoms with E-state index < -0.39 is 5.97 Å². The predicted octanol–water partition coefficient (Wildman–Crippen LogP) is 4.16. The molecule has 0 radical (unpaired) electrons. The van der Waals surface area contributed by atoms with Gasteiger partial charge in [-0.15, -0.1) is 0 Å². The molecule has 0 aromatic heterocycles. The predicted molar refractivity (Wildman–Crippen MR) is 87.2 cm³/mol. The summed E-state index contributed by atoms with van der Waals surface area (Å²) >= 11 is 6.23. The van der Waals surface area contributed by atoms with Crippen LogP contribution in [0.2, 0.25) is 5.02 Å². The highest BCUT2D eigenvalue weighted by Gasteiger charge is 2.14. The van der Waals surface area contributed by atoms with E-state index in [2.05, 4.69) is 5.32 Å². The first kappa shape index (κ1) is 15.2. The topological polar surface area (TPSA) is 52.6 Å². The minimum atomic E-state index is -0.967. The molecule has 2 aromatic rings. The molecule has 0 aliphatic carbocycles. The Morgan fingerprint density at radius 3 is 2.52 bits per heavy atom. The number of hydrogen-bond acceptors (Lipinski definition) is 3. The third kappa shape index (κ3) is 3.28. The lowest BCUT2D eigenvalue weighted by Gasteiger charge is -2.20. The van der Waals surface area contributed by atoms with Gasteiger partial charge in [-0.05, 0) is 36.8 Å². The van der Waals surface area contributed by atoms with Gasteiger partial charge in [0, 0.05) is 14.1 Å². The quantitative estimate of drug-likeness (QED) is 0.890. The molecule has 0 heterocycles. The number of aryl methyl sites for hydroxylation is 1. The van der Waals surface area contributed by atoms with Crippen molar-refractivity contribution in [3.8, 4) is 0 Å². The molecule has 0 saturated heterocycles. The van der Waals surface area contributed by atoms with Gasteiger partial charge < -0.3 is 15.3 Å². The first-order valence-corrected chi connectivity index (χ1v) is 6.84. The molecule has 2 aromatic carbocycles. The first-order valence-electron chi connectivity index (χ1n) is 6.47. The van der Waals surface area contributed by atoms with Crippen molar-refractivity contribution in [1.82, 2.24) is 0 Å². The number of para-hydroxylation sites is 1. The Bertz CT molecular complexity index is 684. The number of nitrogens with one attached hydrogen (secondary N) is 1. The number of carboxylic acids is 1. The van der Waals surface area contributed by atoms with Crippen LogP contribution < -0.4 is 10.2 Å². The van der Waals surface area contributed by atoms with Crippen LogP contribution in [-0.2, 0) is 0 Å². The fourth-order valence-electron chi connectivity index (χ4n) is 2.16. The molecular weight excluding hydrogens is 288 g/mol. The number of carboxylic acid groups (broad SMARTS) is 1. The van der Waals surface area contributed by atoms with E-state index in [1.807, 2.05) is 44.1 Å². The molecule has 0 atom stereocenters. The van der Waals surface area contributed by atoms with Crippen molar-refractivity contribution < 1.29 is 9.90 Å². The lowest BCUT2D eigenvalue weighted by Crippen LogP contribution is -2.12.